The van der Waals surface area contributed by atoms with E-state index in [9.17, 15) is 20.4 Å². The van der Waals surface area contributed by atoms with Gasteiger partial charge in [-0.3, -0.25) is 0 Å². The quantitative estimate of drug-likeness (QED) is 0.0285. The van der Waals surface area contributed by atoms with Gasteiger partial charge in [-0.2, -0.15) is 35.3 Å². The molecule has 3 aliphatic rings. The Bertz CT molecular complexity index is 2670. The van der Waals surface area contributed by atoms with E-state index in [4.69, 9.17) is 31.9 Å². The topological polar surface area (TPSA) is 311 Å². The number of thioether (sulfide) groups is 3. The Balaban J connectivity index is 0.740. The molecule has 0 aromatic carbocycles. The Morgan fingerprint density at radius 1 is 0.657 bits per heavy atom. The Morgan fingerprint density at radius 2 is 1.13 bits per heavy atom. The van der Waals surface area contributed by atoms with Gasteiger partial charge in [-0.05, 0) is 30.1 Å². The van der Waals surface area contributed by atoms with Gasteiger partial charge in [-0.1, -0.05) is 13.0 Å². The first kappa shape index (κ1) is 47.8. The van der Waals surface area contributed by atoms with E-state index >= 15 is 0 Å². The lowest BCUT2D eigenvalue weighted by atomic mass is 9.92. The molecule has 0 amide bonds. The van der Waals surface area contributed by atoms with E-state index in [0.29, 0.717) is 64.1 Å². The predicted molar refractivity (Wildman–Crippen MR) is 264 cm³/mol. The predicted octanol–water partition coefficient (Wildman–Crippen LogP) is 0.732. The number of rotatable bonds is 20. The van der Waals surface area contributed by atoms with Gasteiger partial charge in [-0.15, -0.1) is 16.5 Å². The summed E-state index contributed by atoms with van der Waals surface area (Å²) >= 11 is 5.26. The van der Waals surface area contributed by atoms with Crippen LogP contribution in [0.5, 0.6) is 0 Å². The zero-order chi connectivity index (χ0) is 46.9. The number of fused-ring (bicyclic) bond motifs is 3. The van der Waals surface area contributed by atoms with Crippen molar-refractivity contribution in [1.82, 2.24) is 50.8 Å². The number of aliphatic hydroxyl groups excluding tert-OH is 4. The summed E-state index contributed by atoms with van der Waals surface area (Å²) < 4.78 is 9.85. The first-order valence-corrected chi connectivity index (χ1v) is 26.3. The molecule has 0 saturated carbocycles. The van der Waals surface area contributed by atoms with Gasteiger partial charge in [-0.25, -0.2) is 19.1 Å². The standard InChI is InChI=1S/C44H61N15O5S3/c1-4-21-28(22-12-48-34-29(22)51-18-52-42(34)45)57-27(41(21)64-3)17-67-11-7-9-59-20-54-31-24(14-50-36(31)44(59)47)33-40(63)38(61)26(56-33)16-66-10-6-8-58-19-53-30-23(13-49-35(30)43(58)46)32-39(62)37(60)25(55-32)15-65-5-2/h4,12-14,18-21,25-28,32-33,37-41,55-57,60-63H,1,5-11,15-17H2,2-3H3,(H7,45,46,47,48,49,50,51,52)/p+2. The van der Waals surface area contributed by atoms with Crippen LogP contribution in [-0.4, -0.2) is 146 Å². The Hall–Kier alpha value is -4.27. The molecule has 16 N–H and O–H groups in total. The normalized spacial score (nSPS) is 28.7. The number of nitrogens with two attached hydrogens (primary N) is 3. The van der Waals surface area contributed by atoms with Gasteiger partial charge < -0.3 is 73.3 Å². The fourth-order valence-corrected chi connectivity index (χ4v) is 12.9. The van der Waals surface area contributed by atoms with Crippen LogP contribution in [-0.2, 0) is 17.8 Å². The molecule has 360 valence electrons. The summed E-state index contributed by atoms with van der Waals surface area (Å²) in [7, 11) is 1.75. The largest absolute Gasteiger partial charge is 0.389 e. The third-order valence-corrected chi connectivity index (χ3v) is 17.0. The molecular formula is C44H63N15O5S3+2. The SMILES string of the molecule is C=CC1C(c2c[nH]c3c(N)ncnc23)NC(CSCCC[n+]2cnc3c(C4NC(CSCCC[n+]5cnc6c(C7NC(CSCC)C(O)C7O)c[nH]c6c5N)C(O)C4O)c[nH]c3c2N)C1OC. The number of nitrogens with zero attached hydrogens (tertiary/aromatic N) is 6. The van der Waals surface area contributed by atoms with E-state index in [1.807, 2.05) is 45.6 Å². The van der Waals surface area contributed by atoms with Gasteiger partial charge in [0.2, 0.25) is 24.3 Å². The fraction of sp³-hybridized carbons (Fsp3) is 0.545. The Kier molecular flexibility index (Phi) is 14.8. The summed E-state index contributed by atoms with van der Waals surface area (Å²) in [6.45, 7) is 7.51. The molecule has 6 aromatic rings. The van der Waals surface area contributed by atoms with Crippen molar-refractivity contribution in [3.8, 4) is 0 Å². The molecule has 3 saturated heterocycles. The van der Waals surface area contributed by atoms with Crippen LogP contribution in [0.1, 0.15) is 54.6 Å². The molecule has 9 heterocycles. The van der Waals surface area contributed by atoms with Gasteiger partial charge in [0.25, 0.3) is 0 Å². The first-order chi connectivity index (χ1) is 32.5. The van der Waals surface area contributed by atoms with Gasteiger partial charge in [0.1, 0.15) is 24.1 Å². The number of hydrogen-bond donors (Lipinski definition) is 13. The minimum absolute atomic E-state index is 0.0375. The molecule has 3 aliphatic heterocycles. The fourth-order valence-electron chi connectivity index (χ4n) is 10.1. The van der Waals surface area contributed by atoms with Crippen LogP contribution < -0.4 is 42.3 Å². The highest BCUT2D eigenvalue weighted by Crippen LogP contribution is 2.40. The number of nitrogens with one attached hydrogen (secondary N) is 6. The monoisotopic (exact) mass is 977 g/mol. The number of aryl methyl sites for hydroxylation is 2. The van der Waals surface area contributed by atoms with Crippen LogP contribution in [0.3, 0.4) is 0 Å². The molecule has 23 heteroatoms. The summed E-state index contributed by atoms with van der Waals surface area (Å²) in [6.07, 6.45) is 10.3. The van der Waals surface area contributed by atoms with E-state index in [2.05, 4.69) is 54.4 Å². The lowest BCUT2D eigenvalue weighted by Crippen LogP contribution is -2.38. The molecule has 67 heavy (non-hydrogen) atoms. The first-order valence-electron chi connectivity index (χ1n) is 22.8. The molecule has 12 atom stereocenters. The van der Waals surface area contributed by atoms with Gasteiger partial charge in [0.05, 0.1) is 49.0 Å². The minimum Gasteiger partial charge on any atom is -0.389 e. The number of H-pyrrole nitrogens is 3. The maximum Gasteiger partial charge on any atom is 0.246 e. The molecule has 6 aromatic heterocycles. The number of ether oxygens (including phenoxy) is 1. The van der Waals surface area contributed by atoms with Gasteiger partial charge in [0.15, 0.2) is 27.9 Å². The Morgan fingerprint density at radius 3 is 1.66 bits per heavy atom. The van der Waals surface area contributed by atoms with Crippen molar-refractivity contribution in [3.05, 3.63) is 66.9 Å². The molecule has 0 radical (unpaired) electrons. The van der Waals surface area contributed by atoms with E-state index < -0.39 is 36.5 Å². The van der Waals surface area contributed by atoms with Crippen molar-refractivity contribution in [1.29, 1.82) is 0 Å². The zero-order valence-corrected chi connectivity index (χ0v) is 40.0. The van der Waals surface area contributed by atoms with Crippen LogP contribution in [0.4, 0.5) is 17.5 Å². The van der Waals surface area contributed by atoms with Crippen LogP contribution in [0.25, 0.3) is 33.1 Å². The van der Waals surface area contributed by atoms with Crippen molar-refractivity contribution in [2.24, 2.45) is 5.92 Å². The molecule has 9 rings (SSSR count). The molecule has 0 spiro atoms. The average Bonchev–Trinajstić information content (AvgIpc) is 4.20. The average molecular weight is 978 g/mol. The summed E-state index contributed by atoms with van der Waals surface area (Å²) in [5, 5.41) is 54.5. The summed E-state index contributed by atoms with van der Waals surface area (Å²) in [5.74, 6) is 6.32. The van der Waals surface area contributed by atoms with Crippen LogP contribution in [0.2, 0.25) is 0 Å². The molecule has 0 bridgehead atoms. The summed E-state index contributed by atoms with van der Waals surface area (Å²) in [6, 6.07) is -1.48. The number of aromatic amines is 3. The number of anilines is 3. The highest BCUT2D eigenvalue weighted by molar-refractivity contribution is 7.99. The molecule has 0 aliphatic carbocycles. The number of methoxy groups -OCH3 is 1. The van der Waals surface area contributed by atoms with Crippen molar-refractivity contribution in [2.45, 2.75) is 99.6 Å². The smallest absolute Gasteiger partial charge is 0.246 e. The number of nitrogen functional groups attached to an aromatic ring is 3. The lowest BCUT2D eigenvalue weighted by molar-refractivity contribution is -0.684. The van der Waals surface area contributed by atoms with Crippen molar-refractivity contribution in [3.63, 3.8) is 0 Å². The highest BCUT2D eigenvalue weighted by Gasteiger charge is 2.46. The maximum absolute atomic E-state index is 11.2. The van der Waals surface area contributed by atoms with Gasteiger partial charge >= 0.3 is 0 Å². The lowest BCUT2D eigenvalue weighted by Gasteiger charge is -2.21. The van der Waals surface area contributed by atoms with E-state index in [1.165, 1.54) is 6.33 Å². The van der Waals surface area contributed by atoms with E-state index in [1.54, 1.807) is 43.3 Å². The van der Waals surface area contributed by atoms with Crippen molar-refractivity contribution < 1.29 is 34.3 Å². The van der Waals surface area contributed by atoms with Crippen molar-refractivity contribution in [2.75, 3.05) is 58.8 Å². The maximum atomic E-state index is 11.2. The van der Waals surface area contributed by atoms with Crippen LogP contribution in [0, 0.1) is 5.92 Å². The highest BCUT2D eigenvalue weighted by atomic mass is 32.2. The van der Waals surface area contributed by atoms with Gasteiger partial charge in [0, 0.05) is 89.7 Å². The number of aliphatic hydroxyl groups is 4. The second-order valence-electron chi connectivity index (χ2n) is 17.6. The molecule has 3 fully saturated rings. The number of aromatic nitrogens is 9. The third-order valence-electron chi connectivity index (χ3n) is 13.6. The second-order valence-corrected chi connectivity index (χ2v) is 21.2. The minimum atomic E-state index is -1.03. The molecular weight excluding hydrogens is 915 g/mol. The van der Waals surface area contributed by atoms with E-state index in [-0.39, 0.29) is 36.2 Å². The molecule has 20 nitrogen and oxygen atoms in total. The van der Waals surface area contributed by atoms with Crippen molar-refractivity contribution >= 4 is 85.8 Å². The van der Waals surface area contributed by atoms with Crippen LogP contribution in [0.15, 0.2) is 50.2 Å². The molecule has 12 unspecified atom stereocenters. The van der Waals surface area contributed by atoms with E-state index in [0.717, 1.165) is 63.6 Å². The number of hydrogen-bond acceptors (Lipinski definition) is 18. The second kappa shape index (κ2) is 20.8. The third kappa shape index (κ3) is 9.20. The Labute approximate surface area is 400 Å². The summed E-state index contributed by atoms with van der Waals surface area (Å²) in [5.41, 5.74) is 26.2. The summed E-state index contributed by atoms with van der Waals surface area (Å²) in [4.78, 5) is 27.9. The van der Waals surface area contributed by atoms with Crippen LogP contribution >= 0.6 is 35.3 Å². The zero-order valence-electron chi connectivity index (χ0n) is 37.6.